The highest BCUT2D eigenvalue weighted by molar-refractivity contribution is 9.10. The van der Waals surface area contributed by atoms with Crippen LogP contribution in [0.25, 0.3) is 0 Å². The summed E-state index contributed by atoms with van der Waals surface area (Å²) in [5.74, 6) is -0.111. The Bertz CT molecular complexity index is 467. The van der Waals surface area contributed by atoms with E-state index < -0.39 is 0 Å². The second-order valence-corrected chi connectivity index (χ2v) is 5.46. The van der Waals surface area contributed by atoms with Gasteiger partial charge in [0.05, 0.1) is 15.6 Å². The Balaban J connectivity index is 2.89. The van der Waals surface area contributed by atoms with Crippen LogP contribution in [0.4, 0.5) is 0 Å². The molecule has 0 heterocycles. The molecule has 0 bridgehead atoms. The van der Waals surface area contributed by atoms with Crippen LogP contribution < -0.4 is 5.73 Å². The number of amides is 1. The van der Waals surface area contributed by atoms with E-state index in [0.717, 1.165) is 0 Å². The first-order valence-electron chi connectivity index (χ1n) is 5.49. The van der Waals surface area contributed by atoms with Gasteiger partial charge < -0.3 is 10.6 Å². The van der Waals surface area contributed by atoms with Crippen LogP contribution in [-0.2, 0) is 0 Å². The lowest BCUT2D eigenvalue weighted by Crippen LogP contribution is -2.33. The molecule has 0 saturated heterocycles. The van der Waals surface area contributed by atoms with Gasteiger partial charge in [-0.1, -0.05) is 29.9 Å². The summed E-state index contributed by atoms with van der Waals surface area (Å²) in [6.45, 7) is 3.00. The van der Waals surface area contributed by atoms with E-state index in [-0.39, 0.29) is 5.91 Å². The molecule has 1 aromatic carbocycles. The molecule has 0 radical (unpaired) electrons. The number of carbonyl (C=O) groups excluding carboxylic acids is 1. The summed E-state index contributed by atoms with van der Waals surface area (Å²) in [5, 5.41) is 0.427. The van der Waals surface area contributed by atoms with Crippen LogP contribution in [0.3, 0.4) is 0 Å². The largest absolute Gasteiger partial charge is 0.393 e. The van der Waals surface area contributed by atoms with Gasteiger partial charge in [0.2, 0.25) is 0 Å². The van der Waals surface area contributed by atoms with Crippen molar-refractivity contribution in [1.29, 1.82) is 0 Å². The molecule has 0 aromatic heterocycles. The maximum Gasteiger partial charge on any atom is 0.255 e. The third kappa shape index (κ3) is 3.93. The second kappa shape index (κ2) is 7.07. The van der Waals surface area contributed by atoms with Gasteiger partial charge in [0, 0.05) is 24.0 Å². The lowest BCUT2D eigenvalue weighted by Gasteiger charge is -2.21. The average molecular weight is 350 g/mol. The molecule has 1 rings (SSSR count). The number of carbonyl (C=O) groups is 1. The van der Waals surface area contributed by atoms with Crippen molar-refractivity contribution in [3.8, 4) is 0 Å². The topological polar surface area (TPSA) is 46.3 Å². The summed E-state index contributed by atoms with van der Waals surface area (Å²) in [5.41, 5.74) is 5.93. The first-order chi connectivity index (χ1) is 8.47. The van der Waals surface area contributed by atoms with Gasteiger partial charge >= 0.3 is 0 Å². The van der Waals surface area contributed by atoms with E-state index in [0.29, 0.717) is 39.6 Å². The number of nitrogens with two attached hydrogens (primary N) is 1. The summed E-state index contributed by atoms with van der Waals surface area (Å²) in [6, 6.07) is 5.29. The smallest absolute Gasteiger partial charge is 0.255 e. The highest BCUT2D eigenvalue weighted by Crippen LogP contribution is 2.26. The first kappa shape index (κ1) is 15.4. The minimum Gasteiger partial charge on any atom is -0.393 e. The van der Waals surface area contributed by atoms with Crippen LogP contribution in [0.1, 0.15) is 23.7 Å². The fourth-order valence-electron chi connectivity index (χ4n) is 1.49. The second-order valence-electron chi connectivity index (χ2n) is 3.70. The zero-order chi connectivity index (χ0) is 13.7. The van der Waals surface area contributed by atoms with Crippen LogP contribution in [-0.4, -0.2) is 28.9 Å². The SMILES string of the molecule is CCN(CCC(N)=S)C(=O)c1cccc(Br)c1Cl. The summed E-state index contributed by atoms with van der Waals surface area (Å²) in [4.78, 5) is 14.4. The fraction of sp³-hybridized carbons (Fsp3) is 0.333. The standard InChI is InChI=1S/C12H14BrClN2OS/c1-2-16(7-6-10(15)18)12(17)8-4-3-5-9(13)11(8)14/h3-5H,2,6-7H2,1H3,(H2,15,18). The molecule has 2 N–H and O–H groups in total. The molecule has 0 unspecified atom stereocenters. The fourth-order valence-corrected chi connectivity index (χ4v) is 2.15. The molecule has 18 heavy (non-hydrogen) atoms. The van der Waals surface area contributed by atoms with Crippen LogP contribution in [0.15, 0.2) is 22.7 Å². The Morgan fingerprint density at radius 2 is 2.22 bits per heavy atom. The summed E-state index contributed by atoms with van der Waals surface area (Å²) < 4.78 is 0.709. The third-order valence-corrected chi connectivity index (χ3v) is 3.98. The highest BCUT2D eigenvalue weighted by atomic mass is 79.9. The van der Waals surface area contributed by atoms with Gasteiger partial charge in [-0.2, -0.15) is 0 Å². The van der Waals surface area contributed by atoms with Crippen molar-refractivity contribution in [2.45, 2.75) is 13.3 Å². The lowest BCUT2D eigenvalue weighted by molar-refractivity contribution is 0.0769. The molecule has 0 fully saturated rings. The predicted octanol–water partition coefficient (Wildman–Crippen LogP) is 3.24. The normalized spacial score (nSPS) is 10.2. The van der Waals surface area contributed by atoms with Crippen molar-refractivity contribution < 1.29 is 4.79 Å². The number of halogens is 2. The summed E-state index contributed by atoms with van der Waals surface area (Å²) in [7, 11) is 0. The van der Waals surface area contributed by atoms with Crippen molar-refractivity contribution in [3.63, 3.8) is 0 Å². The zero-order valence-corrected chi connectivity index (χ0v) is 13.1. The van der Waals surface area contributed by atoms with E-state index in [1.54, 1.807) is 23.1 Å². The number of benzene rings is 1. The average Bonchev–Trinajstić information content (AvgIpc) is 2.32. The monoisotopic (exact) mass is 348 g/mol. The molecule has 0 atom stereocenters. The maximum atomic E-state index is 12.3. The van der Waals surface area contributed by atoms with Gasteiger partial charge in [-0.3, -0.25) is 4.79 Å². The molecule has 0 aliphatic carbocycles. The van der Waals surface area contributed by atoms with Crippen LogP contribution in [0, 0.1) is 0 Å². The Morgan fingerprint density at radius 1 is 1.56 bits per heavy atom. The first-order valence-corrected chi connectivity index (χ1v) is 7.06. The minimum atomic E-state index is -0.111. The predicted molar refractivity (Wildman–Crippen MR) is 82.1 cm³/mol. The molecule has 3 nitrogen and oxygen atoms in total. The summed E-state index contributed by atoms with van der Waals surface area (Å²) >= 11 is 14.2. The quantitative estimate of drug-likeness (QED) is 0.830. The van der Waals surface area contributed by atoms with E-state index in [2.05, 4.69) is 15.9 Å². The van der Waals surface area contributed by atoms with E-state index in [4.69, 9.17) is 29.6 Å². The molecule has 1 aromatic rings. The van der Waals surface area contributed by atoms with Gasteiger partial charge in [-0.25, -0.2) is 0 Å². The molecule has 0 spiro atoms. The molecule has 6 heteroatoms. The van der Waals surface area contributed by atoms with E-state index >= 15 is 0 Å². The number of nitrogens with zero attached hydrogens (tertiary/aromatic N) is 1. The van der Waals surface area contributed by atoms with Crippen LogP contribution in [0.5, 0.6) is 0 Å². The molecule has 98 valence electrons. The summed E-state index contributed by atoms with van der Waals surface area (Å²) in [6.07, 6.45) is 0.514. The number of hydrogen-bond acceptors (Lipinski definition) is 2. The third-order valence-electron chi connectivity index (χ3n) is 2.48. The molecule has 1 amide bonds. The molecular formula is C12H14BrClN2OS. The van der Waals surface area contributed by atoms with Gasteiger partial charge in [0.15, 0.2) is 0 Å². The van der Waals surface area contributed by atoms with Gasteiger partial charge in [-0.15, -0.1) is 0 Å². The number of thiocarbonyl (C=S) groups is 1. The molecule has 0 aliphatic rings. The molecule has 0 aliphatic heterocycles. The number of hydrogen-bond donors (Lipinski definition) is 1. The maximum absolute atomic E-state index is 12.3. The van der Waals surface area contributed by atoms with Crippen molar-refractivity contribution >= 4 is 50.6 Å². The minimum absolute atomic E-state index is 0.111. The van der Waals surface area contributed by atoms with E-state index in [9.17, 15) is 4.79 Å². The van der Waals surface area contributed by atoms with E-state index in [1.165, 1.54) is 0 Å². The molecular weight excluding hydrogens is 336 g/mol. The Labute approximate surface area is 125 Å². The van der Waals surface area contributed by atoms with Crippen LogP contribution in [0.2, 0.25) is 5.02 Å². The zero-order valence-electron chi connectivity index (χ0n) is 9.95. The Hall–Kier alpha value is -0.650. The van der Waals surface area contributed by atoms with Gasteiger partial charge in [-0.05, 0) is 35.0 Å². The lowest BCUT2D eigenvalue weighted by atomic mass is 10.2. The highest BCUT2D eigenvalue weighted by Gasteiger charge is 2.18. The van der Waals surface area contributed by atoms with Crippen molar-refractivity contribution in [2.24, 2.45) is 5.73 Å². The van der Waals surface area contributed by atoms with Crippen LogP contribution >= 0.6 is 39.7 Å². The Kier molecular flexibility index (Phi) is 6.05. The Morgan fingerprint density at radius 3 is 2.78 bits per heavy atom. The van der Waals surface area contributed by atoms with Gasteiger partial charge in [0.25, 0.3) is 5.91 Å². The van der Waals surface area contributed by atoms with Crippen molar-refractivity contribution in [3.05, 3.63) is 33.3 Å². The number of rotatable bonds is 5. The van der Waals surface area contributed by atoms with Crippen molar-refractivity contribution in [1.82, 2.24) is 4.90 Å². The van der Waals surface area contributed by atoms with E-state index in [1.807, 2.05) is 6.92 Å². The van der Waals surface area contributed by atoms with Gasteiger partial charge in [0.1, 0.15) is 0 Å². The molecule has 0 saturated carbocycles. The van der Waals surface area contributed by atoms with Crippen molar-refractivity contribution in [2.75, 3.05) is 13.1 Å².